The summed E-state index contributed by atoms with van der Waals surface area (Å²) in [5.74, 6) is 1.07. The second-order valence-corrected chi connectivity index (χ2v) is 5.66. The van der Waals surface area contributed by atoms with E-state index in [9.17, 15) is 4.39 Å². The van der Waals surface area contributed by atoms with Crippen LogP contribution in [0.2, 0.25) is 0 Å². The summed E-state index contributed by atoms with van der Waals surface area (Å²) in [7, 11) is 3.20. The number of hydrogen-bond donors (Lipinski definition) is 1. The molecule has 1 heterocycles. The molecule has 0 aliphatic heterocycles. The fourth-order valence-corrected chi connectivity index (χ4v) is 2.92. The van der Waals surface area contributed by atoms with Crippen molar-refractivity contribution in [1.29, 1.82) is 0 Å². The molecule has 0 unspecified atom stereocenters. The van der Waals surface area contributed by atoms with E-state index in [1.54, 1.807) is 32.5 Å². The zero-order valence-electron chi connectivity index (χ0n) is 12.7. The highest BCUT2D eigenvalue weighted by Crippen LogP contribution is 2.32. The van der Waals surface area contributed by atoms with Gasteiger partial charge in [0.05, 0.1) is 25.4 Å². The van der Waals surface area contributed by atoms with Gasteiger partial charge in [-0.15, -0.1) is 0 Å². The van der Waals surface area contributed by atoms with E-state index in [1.807, 2.05) is 18.2 Å². The Kier molecular flexibility index (Phi) is 4.52. The van der Waals surface area contributed by atoms with Crippen molar-refractivity contribution in [3.8, 4) is 11.5 Å². The van der Waals surface area contributed by atoms with Crippen LogP contribution in [0.25, 0.3) is 10.9 Å². The van der Waals surface area contributed by atoms with Gasteiger partial charge in [-0.1, -0.05) is 6.07 Å². The summed E-state index contributed by atoms with van der Waals surface area (Å²) in [5, 5.41) is 0.749. The van der Waals surface area contributed by atoms with E-state index in [0.29, 0.717) is 17.2 Å². The molecule has 0 aliphatic rings. The van der Waals surface area contributed by atoms with Gasteiger partial charge < -0.3 is 14.2 Å². The van der Waals surface area contributed by atoms with Crippen LogP contribution in [0.3, 0.4) is 0 Å². The van der Waals surface area contributed by atoms with Gasteiger partial charge in [0.25, 0.3) is 0 Å². The standard InChI is InChI=1S/C17H15FN2O2S/c1-21-13-8-14(22-2)10-15(9-13)23-20-16-7-12(18)6-11-4-3-5-19-17(11)16/h3-10,20H,1-2H3. The van der Waals surface area contributed by atoms with Crippen LogP contribution in [0.1, 0.15) is 0 Å². The molecule has 2 aromatic carbocycles. The summed E-state index contributed by atoms with van der Waals surface area (Å²) in [6.45, 7) is 0. The summed E-state index contributed by atoms with van der Waals surface area (Å²) >= 11 is 1.34. The molecule has 0 amide bonds. The van der Waals surface area contributed by atoms with Crippen molar-refractivity contribution in [1.82, 2.24) is 4.98 Å². The summed E-state index contributed by atoms with van der Waals surface area (Å²) in [6.07, 6.45) is 1.69. The molecule has 0 saturated heterocycles. The molecule has 1 aromatic heterocycles. The largest absolute Gasteiger partial charge is 0.497 e. The van der Waals surface area contributed by atoms with Crippen molar-refractivity contribution in [2.24, 2.45) is 0 Å². The van der Waals surface area contributed by atoms with Crippen molar-refractivity contribution in [2.75, 3.05) is 18.9 Å². The van der Waals surface area contributed by atoms with E-state index < -0.39 is 0 Å². The lowest BCUT2D eigenvalue weighted by Gasteiger charge is -2.11. The number of rotatable bonds is 5. The molecule has 3 rings (SSSR count). The number of aromatic nitrogens is 1. The normalized spacial score (nSPS) is 10.6. The van der Waals surface area contributed by atoms with Crippen LogP contribution < -0.4 is 14.2 Å². The van der Waals surface area contributed by atoms with Gasteiger partial charge in [-0.05, 0) is 36.2 Å². The SMILES string of the molecule is COc1cc(OC)cc(SNc2cc(F)cc3cccnc23)c1. The molecule has 4 nitrogen and oxygen atoms in total. The lowest BCUT2D eigenvalue weighted by atomic mass is 10.2. The van der Waals surface area contributed by atoms with E-state index >= 15 is 0 Å². The first-order valence-electron chi connectivity index (χ1n) is 6.90. The number of pyridine rings is 1. The highest BCUT2D eigenvalue weighted by Gasteiger charge is 2.07. The second-order valence-electron chi connectivity index (χ2n) is 4.78. The molecule has 1 N–H and O–H groups in total. The fourth-order valence-electron chi connectivity index (χ4n) is 2.19. The van der Waals surface area contributed by atoms with Gasteiger partial charge in [-0.3, -0.25) is 4.98 Å². The van der Waals surface area contributed by atoms with E-state index in [4.69, 9.17) is 9.47 Å². The molecule has 0 fully saturated rings. The van der Waals surface area contributed by atoms with Gasteiger partial charge >= 0.3 is 0 Å². The predicted molar refractivity (Wildman–Crippen MR) is 90.7 cm³/mol. The van der Waals surface area contributed by atoms with E-state index in [-0.39, 0.29) is 5.82 Å². The minimum absolute atomic E-state index is 0.308. The van der Waals surface area contributed by atoms with Crippen molar-refractivity contribution in [3.63, 3.8) is 0 Å². The van der Waals surface area contributed by atoms with Gasteiger partial charge in [-0.25, -0.2) is 4.39 Å². The van der Waals surface area contributed by atoms with Crippen molar-refractivity contribution < 1.29 is 13.9 Å². The lowest BCUT2D eigenvalue weighted by molar-refractivity contribution is 0.392. The zero-order valence-corrected chi connectivity index (χ0v) is 13.5. The van der Waals surface area contributed by atoms with E-state index in [1.165, 1.54) is 24.1 Å². The second kappa shape index (κ2) is 6.75. The molecule has 0 spiro atoms. The van der Waals surface area contributed by atoms with Crippen LogP contribution >= 0.6 is 11.9 Å². The number of hydrogen-bond acceptors (Lipinski definition) is 5. The van der Waals surface area contributed by atoms with Crippen LogP contribution in [0.5, 0.6) is 11.5 Å². The minimum atomic E-state index is -0.308. The first kappa shape index (κ1) is 15.4. The van der Waals surface area contributed by atoms with Gasteiger partial charge in [-0.2, -0.15) is 0 Å². The summed E-state index contributed by atoms with van der Waals surface area (Å²) < 4.78 is 27.4. The van der Waals surface area contributed by atoms with Crippen LogP contribution in [0.15, 0.2) is 53.6 Å². The Labute approximate surface area is 137 Å². The number of fused-ring (bicyclic) bond motifs is 1. The Balaban J connectivity index is 1.89. The molecule has 3 aromatic rings. The maximum Gasteiger partial charge on any atom is 0.126 e. The number of benzene rings is 2. The van der Waals surface area contributed by atoms with Crippen LogP contribution in [-0.4, -0.2) is 19.2 Å². The Hall–Kier alpha value is -2.47. The van der Waals surface area contributed by atoms with Gasteiger partial charge in [0, 0.05) is 28.6 Å². The third-order valence-electron chi connectivity index (χ3n) is 3.27. The lowest BCUT2D eigenvalue weighted by Crippen LogP contribution is -1.93. The first-order chi connectivity index (χ1) is 11.2. The molecule has 6 heteroatoms. The van der Waals surface area contributed by atoms with Crippen LogP contribution in [0, 0.1) is 5.82 Å². The summed E-state index contributed by atoms with van der Waals surface area (Å²) in [6, 6.07) is 12.0. The number of nitrogens with zero attached hydrogens (tertiary/aromatic N) is 1. The van der Waals surface area contributed by atoms with E-state index in [2.05, 4.69) is 9.71 Å². The average Bonchev–Trinajstić information content (AvgIpc) is 2.59. The third kappa shape index (κ3) is 3.48. The van der Waals surface area contributed by atoms with Crippen molar-refractivity contribution in [3.05, 3.63) is 54.5 Å². The Morgan fingerprint density at radius 2 is 1.78 bits per heavy atom. The van der Waals surface area contributed by atoms with Gasteiger partial charge in [0.1, 0.15) is 17.3 Å². The Morgan fingerprint density at radius 1 is 1.04 bits per heavy atom. The minimum Gasteiger partial charge on any atom is -0.497 e. The maximum absolute atomic E-state index is 13.7. The molecule has 0 bridgehead atoms. The highest BCUT2D eigenvalue weighted by molar-refractivity contribution is 8.00. The topological polar surface area (TPSA) is 43.4 Å². The average molecular weight is 330 g/mol. The zero-order chi connectivity index (χ0) is 16.2. The number of methoxy groups -OCH3 is 2. The van der Waals surface area contributed by atoms with Crippen LogP contribution in [0.4, 0.5) is 10.1 Å². The molecule has 0 saturated carbocycles. The van der Waals surface area contributed by atoms with Crippen molar-refractivity contribution in [2.45, 2.75) is 4.90 Å². The van der Waals surface area contributed by atoms with Gasteiger partial charge in [0.15, 0.2) is 0 Å². The van der Waals surface area contributed by atoms with Gasteiger partial charge in [0.2, 0.25) is 0 Å². The first-order valence-corrected chi connectivity index (χ1v) is 7.71. The molecule has 0 aliphatic carbocycles. The maximum atomic E-state index is 13.7. The molecule has 0 radical (unpaired) electrons. The molecular weight excluding hydrogens is 315 g/mol. The quantitative estimate of drug-likeness (QED) is 0.697. The summed E-state index contributed by atoms with van der Waals surface area (Å²) in [4.78, 5) is 5.19. The monoisotopic (exact) mass is 330 g/mol. The van der Waals surface area contributed by atoms with Crippen LogP contribution in [-0.2, 0) is 0 Å². The van der Waals surface area contributed by atoms with E-state index in [0.717, 1.165) is 15.8 Å². The molecule has 118 valence electrons. The number of halogens is 1. The molecule has 0 atom stereocenters. The Bertz CT molecular complexity index is 820. The fraction of sp³-hybridized carbons (Fsp3) is 0.118. The number of ether oxygens (including phenoxy) is 2. The Morgan fingerprint density at radius 3 is 2.48 bits per heavy atom. The predicted octanol–water partition coefficient (Wildman–Crippen LogP) is 4.51. The smallest absolute Gasteiger partial charge is 0.126 e. The highest BCUT2D eigenvalue weighted by atomic mass is 32.2. The molecular formula is C17H15FN2O2S. The molecule has 23 heavy (non-hydrogen) atoms. The number of nitrogens with one attached hydrogen (secondary N) is 1. The summed E-state index contributed by atoms with van der Waals surface area (Å²) in [5.41, 5.74) is 1.34. The third-order valence-corrected chi connectivity index (χ3v) is 4.07. The van der Waals surface area contributed by atoms with Crippen molar-refractivity contribution >= 4 is 28.5 Å². The number of anilines is 1.